The van der Waals surface area contributed by atoms with Crippen LogP contribution in [-0.4, -0.2) is 186 Å². The number of carbonyl (C=O) groups excluding carboxylic acids is 10. The van der Waals surface area contributed by atoms with Crippen molar-refractivity contribution in [3.63, 3.8) is 0 Å². The molecule has 1 aromatic heterocycles. The maximum absolute atomic E-state index is 16.1. The van der Waals surface area contributed by atoms with Crippen molar-refractivity contribution in [2.45, 2.75) is 184 Å². The number of rotatable bonds is 30. The molecular weight excluding hydrogens is 1480 g/mol. The molecule has 9 amide bonds. The minimum atomic E-state index is -1.64. The van der Waals surface area contributed by atoms with E-state index in [1.54, 1.807) is 112 Å². The second-order valence-electron chi connectivity index (χ2n) is 31.9. The van der Waals surface area contributed by atoms with Crippen molar-refractivity contribution in [3.05, 3.63) is 221 Å². The number of piperidine rings is 1. The highest BCUT2D eigenvalue weighted by Crippen LogP contribution is 2.59. The van der Waals surface area contributed by atoms with Crippen molar-refractivity contribution >= 4 is 70.2 Å². The third-order valence-corrected chi connectivity index (χ3v) is 22.8. The van der Waals surface area contributed by atoms with Gasteiger partial charge in [-0.3, -0.25) is 43.2 Å². The summed E-state index contributed by atoms with van der Waals surface area (Å²) in [6.45, 7) is 17.2. The summed E-state index contributed by atoms with van der Waals surface area (Å²) in [5.74, 6) is -5.48. The maximum atomic E-state index is 16.1. The molecule has 6 N–H and O–H groups in total. The third kappa shape index (κ3) is 19.4. The number of nitrogens with one attached hydrogen (secondary N) is 6. The molecule has 6 aromatic carbocycles. The van der Waals surface area contributed by atoms with Crippen LogP contribution in [0.15, 0.2) is 171 Å². The zero-order valence-electron chi connectivity index (χ0n) is 67.0. The predicted molar refractivity (Wildman–Crippen MR) is 433 cm³/mol. The van der Waals surface area contributed by atoms with Crippen LogP contribution in [0.3, 0.4) is 0 Å². The molecule has 2 aliphatic carbocycles. The number of methoxy groups -OCH3 is 2. The van der Waals surface area contributed by atoms with Crippen molar-refractivity contribution in [1.29, 1.82) is 0 Å². The Kier molecular flexibility index (Phi) is 26.7. The van der Waals surface area contributed by atoms with E-state index in [1.807, 2.05) is 77.4 Å². The molecule has 3 fully saturated rings. The first-order valence-corrected chi connectivity index (χ1v) is 39.8. The summed E-state index contributed by atoms with van der Waals surface area (Å²) in [7, 11) is 2.81. The summed E-state index contributed by atoms with van der Waals surface area (Å²) in [5, 5.41) is 18.3. The number of unbranched alkanes of at least 4 members (excludes halogenated alkanes) is 1. The first kappa shape index (κ1) is 83.9. The lowest BCUT2D eigenvalue weighted by Crippen LogP contribution is -2.63. The number of halogens is 1. The van der Waals surface area contributed by atoms with E-state index in [-0.39, 0.29) is 83.1 Å². The fourth-order valence-corrected chi connectivity index (χ4v) is 16.9. The number of benzene rings is 6. The van der Waals surface area contributed by atoms with Crippen LogP contribution in [0.5, 0.6) is 5.75 Å². The number of amides is 9. The minimum Gasteiger partial charge on any atom is -0.497 e. The van der Waals surface area contributed by atoms with E-state index < -0.39 is 125 Å². The molecule has 25 nitrogen and oxygen atoms in total. The molecule has 2 saturated heterocycles. The van der Waals surface area contributed by atoms with Gasteiger partial charge in [0.25, 0.3) is 0 Å². The highest BCUT2D eigenvalue weighted by molar-refractivity contribution is 6.00. The quantitative estimate of drug-likeness (QED) is 0.0139. The van der Waals surface area contributed by atoms with Crippen LogP contribution in [0, 0.1) is 11.2 Å². The van der Waals surface area contributed by atoms with Crippen LogP contribution < -0.4 is 36.6 Å². The Morgan fingerprint density at radius 2 is 1.51 bits per heavy atom. The number of aromatic nitrogens is 1. The highest BCUT2D eigenvalue weighted by atomic mass is 19.1. The summed E-state index contributed by atoms with van der Waals surface area (Å²) in [5.41, 5.74) is 4.81. The van der Waals surface area contributed by atoms with Crippen molar-refractivity contribution in [2.75, 3.05) is 53.6 Å². The van der Waals surface area contributed by atoms with Crippen LogP contribution in [-0.2, 0) is 107 Å². The average molecular weight is 1590 g/mol. The minimum absolute atomic E-state index is 0.0123. The van der Waals surface area contributed by atoms with Crippen LogP contribution in [0.1, 0.15) is 130 Å². The van der Waals surface area contributed by atoms with Gasteiger partial charge in [0.15, 0.2) is 0 Å². The summed E-state index contributed by atoms with van der Waals surface area (Å²) in [4.78, 5) is 152. The number of likely N-dealkylation sites (tertiary alicyclic amines) is 1. The van der Waals surface area contributed by atoms with E-state index in [4.69, 9.17) is 23.7 Å². The Hall–Kier alpha value is -11.5. The van der Waals surface area contributed by atoms with Gasteiger partial charge in [0.1, 0.15) is 59.9 Å². The van der Waals surface area contributed by atoms with Gasteiger partial charge >= 0.3 is 12.1 Å². The molecular formula is C90H105FN10O15. The molecule has 3 aliphatic heterocycles. The highest BCUT2D eigenvalue weighted by Gasteiger charge is 2.77. The number of hydrogen-bond acceptors (Lipinski definition) is 15. The third-order valence-electron chi connectivity index (χ3n) is 22.8. The van der Waals surface area contributed by atoms with Crippen molar-refractivity contribution in [1.82, 2.24) is 51.2 Å². The summed E-state index contributed by atoms with van der Waals surface area (Å²) >= 11 is 0. The monoisotopic (exact) mass is 1580 g/mol. The Balaban J connectivity index is 0.804. The Labute approximate surface area is 675 Å². The molecule has 26 heteroatoms. The Morgan fingerprint density at radius 1 is 0.802 bits per heavy atom. The first-order chi connectivity index (χ1) is 55.7. The number of alkyl carbamates (subject to hydrolysis) is 1. The number of fused-ring (bicyclic) bond motifs is 7. The molecule has 0 spiro atoms. The second kappa shape index (κ2) is 37.0. The van der Waals surface area contributed by atoms with Crippen LogP contribution in [0.4, 0.5) is 9.18 Å². The fraction of sp³-hybridized carbons (Fsp3) is 0.422. The summed E-state index contributed by atoms with van der Waals surface area (Å²) < 4.78 is 46.6. The smallest absolute Gasteiger partial charge is 0.407 e. The standard InChI is InChI=1S/C90H105FN10O15/c1-10-12-17-43-99(76(103)36-37-77(104)113-9)52-59-28-26-57(27-29-59)38-41-92-85(109)89(7)39-19-44-101(89)84(108)72(47-58-30-33-64(112-8)34-31-58)95-82(106)78(56(3)116-88(4,5)6)97-86(110)90-40-45-100-79(90)80(90)114-55-75(102)93-51-61-21-18-20-60(46-61)48-71(96-87(111)115-54-70-67-24-15-13-22-65(67)66-23-14-16-25-68(66)70)81(105)94-73(83(100)107)49-62-53-98(42-11-2)74-35-32-63(91)50-69(62)74/h10-11,13-16,18,20-35,46,50,53,56,70-73,78-80H,1-2,12,17,19,36-45,47-49,51-52,54-55H2,3-9H3,(H,92,109)(H,93,102)(H,94,105)(H,95,106)(H,96,111)(H,97,110)/t56-,71+,72+,73+,78+,79?,80-,89+,90?/m1/s1. The van der Waals surface area contributed by atoms with Gasteiger partial charge < -0.3 is 74.9 Å². The van der Waals surface area contributed by atoms with Gasteiger partial charge in [-0.2, -0.15) is 0 Å². The average Bonchev–Trinajstić information content (AvgIpc) is 1.51. The number of carbonyl (C=O) groups is 10. The number of hydrogen-bond donors (Lipinski definition) is 6. The van der Waals surface area contributed by atoms with E-state index in [1.165, 1.54) is 36.2 Å². The van der Waals surface area contributed by atoms with Crippen molar-refractivity contribution in [2.24, 2.45) is 5.41 Å². The van der Waals surface area contributed by atoms with Crippen molar-refractivity contribution < 1.29 is 76.0 Å². The molecule has 116 heavy (non-hydrogen) atoms. The van der Waals surface area contributed by atoms with Crippen LogP contribution in [0.2, 0.25) is 0 Å². The lowest BCUT2D eigenvalue weighted by molar-refractivity contribution is -0.148. The molecule has 12 rings (SSSR count). The van der Waals surface area contributed by atoms with Gasteiger partial charge in [0.2, 0.25) is 47.3 Å². The fourth-order valence-electron chi connectivity index (χ4n) is 16.9. The Morgan fingerprint density at radius 3 is 2.21 bits per heavy atom. The molecule has 2 bridgehead atoms. The van der Waals surface area contributed by atoms with E-state index in [0.717, 1.165) is 39.8 Å². The van der Waals surface area contributed by atoms with Gasteiger partial charge in [0, 0.05) is 94.5 Å². The SMILES string of the molecule is C=CCCCN(Cc1ccc(CCNC(=O)[C@]2(C)CCCN2C(=O)[C@H](Cc2ccc(OC)cc2)NC(=O)[C@@H](NC(=O)C23CCN4C(=O)[C@H](Cc5cn(CC=C)c6ccc(F)cc56)NC(=O)[C@@H](NC(=O)OCC5c6ccccc6-c6ccccc65)Cc5cccc(c5)CNC(=O)CO[C@@H]2C43)[C@@H](C)OC(C)(C)C)cc1)C(=O)CCC(=O)OC. The van der Waals surface area contributed by atoms with E-state index in [0.29, 0.717) is 84.2 Å². The summed E-state index contributed by atoms with van der Waals surface area (Å²) in [6, 6.07) is 35.0. The molecule has 7 aromatic rings. The lowest BCUT2D eigenvalue weighted by Gasteiger charge is -2.37. The normalized spacial score (nSPS) is 20.6. The number of ether oxygens (including phenoxy) is 5. The largest absolute Gasteiger partial charge is 0.497 e. The first-order valence-electron chi connectivity index (χ1n) is 39.8. The van der Waals surface area contributed by atoms with Gasteiger partial charge in [-0.05, 0) is 159 Å². The Bertz CT molecular complexity index is 4780. The zero-order valence-corrected chi connectivity index (χ0v) is 67.0. The van der Waals surface area contributed by atoms with Gasteiger partial charge in [-0.25, -0.2) is 9.18 Å². The van der Waals surface area contributed by atoms with E-state index in [9.17, 15) is 24.0 Å². The van der Waals surface area contributed by atoms with E-state index >= 15 is 28.4 Å². The number of esters is 1. The molecule has 0 radical (unpaired) electrons. The molecule has 4 heterocycles. The number of nitrogens with zero attached hydrogens (tertiary/aromatic N) is 4. The van der Waals surface area contributed by atoms with Crippen LogP contribution in [0.25, 0.3) is 22.0 Å². The maximum Gasteiger partial charge on any atom is 0.407 e. The molecule has 5 aliphatic rings. The van der Waals surface area contributed by atoms with E-state index in [2.05, 4.69) is 45.1 Å². The summed E-state index contributed by atoms with van der Waals surface area (Å²) in [6.07, 6.45) is 4.20. The van der Waals surface area contributed by atoms with Gasteiger partial charge in [0.05, 0.1) is 44.5 Å². The van der Waals surface area contributed by atoms with Gasteiger partial charge in [-0.1, -0.05) is 121 Å². The van der Waals surface area contributed by atoms with Crippen molar-refractivity contribution in [3.8, 4) is 16.9 Å². The molecule has 9 atom stereocenters. The number of allylic oxidation sites excluding steroid dienone is 2. The molecule has 1 saturated carbocycles. The van der Waals surface area contributed by atoms with Crippen LogP contribution >= 0.6 is 0 Å². The van der Waals surface area contributed by atoms with Gasteiger partial charge in [-0.15, -0.1) is 13.2 Å². The topological polar surface area (TPSA) is 304 Å². The molecule has 612 valence electrons. The predicted octanol–water partition coefficient (Wildman–Crippen LogP) is 9.17. The lowest BCUT2D eigenvalue weighted by atomic mass is 9.95. The zero-order chi connectivity index (χ0) is 82.6. The second-order valence-corrected chi connectivity index (χ2v) is 31.9. The molecule has 2 unspecified atom stereocenters.